The largest absolute Gasteiger partial charge is 0.383 e. The average Bonchev–Trinajstić information content (AvgIpc) is 3.46. The number of hydrogen-bond acceptors (Lipinski definition) is 5. The van der Waals surface area contributed by atoms with Gasteiger partial charge in [-0.2, -0.15) is 11.3 Å². The van der Waals surface area contributed by atoms with E-state index >= 15 is 0 Å². The molecule has 3 aromatic heterocycles. The molecule has 0 bridgehead atoms. The van der Waals surface area contributed by atoms with E-state index in [2.05, 4.69) is 50.6 Å². The molecule has 1 aromatic carbocycles. The Bertz CT molecular complexity index is 991. The van der Waals surface area contributed by atoms with Gasteiger partial charge < -0.3 is 13.9 Å². The number of benzene rings is 1. The molecule has 0 aliphatic rings. The number of aromatic nitrogens is 5. The summed E-state index contributed by atoms with van der Waals surface area (Å²) in [7, 11) is 1.70. The summed E-state index contributed by atoms with van der Waals surface area (Å²) in [4.78, 5) is 4.75. The van der Waals surface area contributed by atoms with Crippen molar-refractivity contribution in [1.82, 2.24) is 24.3 Å². The molecule has 0 aliphatic heterocycles. The van der Waals surface area contributed by atoms with Crippen molar-refractivity contribution in [3.8, 4) is 22.5 Å². The first-order chi connectivity index (χ1) is 13.3. The number of rotatable bonds is 7. The lowest BCUT2D eigenvalue weighted by molar-refractivity contribution is 0.185. The van der Waals surface area contributed by atoms with E-state index in [0.717, 1.165) is 34.9 Å². The van der Waals surface area contributed by atoms with Crippen LogP contribution in [0.3, 0.4) is 0 Å². The number of ether oxygens (including phenoxy) is 1. The van der Waals surface area contributed by atoms with Gasteiger partial charge in [0.05, 0.1) is 30.4 Å². The van der Waals surface area contributed by atoms with Crippen LogP contribution in [0.5, 0.6) is 0 Å². The van der Waals surface area contributed by atoms with Crippen LogP contribution in [0.2, 0.25) is 0 Å². The van der Waals surface area contributed by atoms with Crippen LogP contribution in [0.15, 0.2) is 59.8 Å². The van der Waals surface area contributed by atoms with E-state index < -0.39 is 0 Å². The van der Waals surface area contributed by atoms with E-state index in [-0.39, 0.29) is 6.04 Å². The highest BCUT2D eigenvalue weighted by molar-refractivity contribution is 7.08. The summed E-state index contributed by atoms with van der Waals surface area (Å²) >= 11 is 1.68. The first-order valence-corrected chi connectivity index (χ1v) is 9.75. The van der Waals surface area contributed by atoms with Gasteiger partial charge in [0.1, 0.15) is 6.33 Å². The Balaban J connectivity index is 1.80. The Morgan fingerprint density at radius 3 is 2.70 bits per heavy atom. The van der Waals surface area contributed by atoms with Gasteiger partial charge in [-0.3, -0.25) is 0 Å². The van der Waals surface area contributed by atoms with Crippen molar-refractivity contribution in [1.29, 1.82) is 0 Å². The Labute approximate surface area is 162 Å². The van der Waals surface area contributed by atoms with E-state index in [0.29, 0.717) is 6.61 Å². The molecule has 0 radical (unpaired) electrons. The Kier molecular flexibility index (Phi) is 5.13. The number of imidazole rings is 1. The lowest BCUT2D eigenvalue weighted by Gasteiger charge is -2.17. The molecule has 4 rings (SSSR count). The van der Waals surface area contributed by atoms with Gasteiger partial charge >= 0.3 is 0 Å². The summed E-state index contributed by atoms with van der Waals surface area (Å²) in [6.07, 6.45) is 3.65. The maximum absolute atomic E-state index is 5.21. The molecule has 0 N–H and O–H groups in total. The van der Waals surface area contributed by atoms with Gasteiger partial charge in [-0.15, -0.1) is 10.2 Å². The van der Waals surface area contributed by atoms with Gasteiger partial charge in [0.25, 0.3) is 0 Å². The molecule has 6 nitrogen and oxygen atoms in total. The average molecular weight is 379 g/mol. The SMILES string of the molecule is COCCn1cnnc1[C@@H](C)n1cnc(-c2ccccc2)c1-c1ccsc1. The highest BCUT2D eigenvalue weighted by Gasteiger charge is 2.22. The molecule has 0 amide bonds. The van der Waals surface area contributed by atoms with Crippen molar-refractivity contribution in [2.75, 3.05) is 13.7 Å². The number of thiophene rings is 1. The summed E-state index contributed by atoms with van der Waals surface area (Å²) in [5.74, 6) is 0.889. The van der Waals surface area contributed by atoms with E-state index in [4.69, 9.17) is 9.72 Å². The first kappa shape index (κ1) is 17.6. The van der Waals surface area contributed by atoms with E-state index in [1.165, 1.54) is 0 Å². The van der Waals surface area contributed by atoms with Crippen molar-refractivity contribution in [2.45, 2.75) is 19.5 Å². The molecule has 27 heavy (non-hydrogen) atoms. The third-order valence-corrected chi connectivity index (χ3v) is 5.29. The lowest BCUT2D eigenvalue weighted by Crippen LogP contribution is -2.15. The zero-order chi connectivity index (χ0) is 18.6. The molecule has 0 saturated carbocycles. The van der Waals surface area contributed by atoms with Gasteiger partial charge in [0, 0.05) is 30.2 Å². The van der Waals surface area contributed by atoms with Crippen LogP contribution in [0.4, 0.5) is 0 Å². The molecule has 4 aromatic rings. The molecule has 0 aliphatic carbocycles. The summed E-state index contributed by atoms with van der Waals surface area (Å²) in [6.45, 7) is 3.46. The monoisotopic (exact) mass is 379 g/mol. The molecule has 3 heterocycles. The number of hydrogen-bond donors (Lipinski definition) is 0. The highest BCUT2D eigenvalue weighted by Crippen LogP contribution is 2.35. The van der Waals surface area contributed by atoms with Crippen molar-refractivity contribution < 1.29 is 4.74 Å². The summed E-state index contributed by atoms with van der Waals surface area (Å²) in [5.41, 5.74) is 4.33. The molecule has 7 heteroatoms. The van der Waals surface area contributed by atoms with Crippen LogP contribution in [-0.4, -0.2) is 38.0 Å². The van der Waals surface area contributed by atoms with Gasteiger partial charge in [0.2, 0.25) is 0 Å². The Morgan fingerprint density at radius 1 is 1.11 bits per heavy atom. The topological polar surface area (TPSA) is 57.8 Å². The quantitative estimate of drug-likeness (QED) is 0.484. The normalized spacial score (nSPS) is 12.4. The predicted molar refractivity (Wildman–Crippen MR) is 107 cm³/mol. The van der Waals surface area contributed by atoms with E-state index in [1.54, 1.807) is 24.8 Å². The third kappa shape index (κ3) is 3.43. The van der Waals surface area contributed by atoms with Crippen LogP contribution in [0.25, 0.3) is 22.5 Å². The Morgan fingerprint density at radius 2 is 1.96 bits per heavy atom. The molecule has 0 fully saturated rings. The number of methoxy groups -OCH3 is 1. The van der Waals surface area contributed by atoms with Crippen molar-refractivity contribution >= 4 is 11.3 Å². The predicted octanol–water partition coefficient (Wildman–Crippen LogP) is 4.13. The van der Waals surface area contributed by atoms with Crippen LogP contribution in [0, 0.1) is 0 Å². The molecule has 0 saturated heterocycles. The molecular formula is C20H21N5OS. The smallest absolute Gasteiger partial charge is 0.155 e. The second-order valence-electron chi connectivity index (χ2n) is 6.28. The molecule has 138 valence electrons. The van der Waals surface area contributed by atoms with E-state index in [1.807, 2.05) is 29.1 Å². The minimum absolute atomic E-state index is 0.00998. The standard InChI is InChI=1S/C20H21N5OS/c1-15(20-23-22-14-24(20)9-10-26-2)25-13-21-18(16-6-4-3-5-7-16)19(25)17-8-11-27-12-17/h3-8,11-15H,9-10H2,1-2H3/t15-/m1/s1. The first-order valence-electron chi connectivity index (χ1n) is 8.81. The zero-order valence-electron chi connectivity index (χ0n) is 15.3. The van der Waals surface area contributed by atoms with Gasteiger partial charge in [-0.1, -0.05) is 30.3 Å². The van der Waals surface area contributed by atoms with Crippen molar-refractivity contribution in [3.63, 3.8) is 0 Å². The lowest BCUT2D eigenvalue weighted by atomic mass is 10.1. The zero-order valence-corrected chi connectivity index (χ0v) is 16.1. The molecule has 1 atom stereocenters. The summed E-state index contributed by atoms with van der Waals surface area (Å²) in [5, 5.41) is 12.7. The van der Waals surface area contributed by atoms with Gasteiger partial charge in [-0.25, -0.2) is 4.98 Å². The highest BCUT2D eigenvalue weighted by atomic mass is 32.1. The fraction of sp³-hybridized carbons (Fsp3) is 0.250. The van der Waals surface area contributed by atoms with E-state index in [9.17, 15) is 0 Å². The maximum atomic E-state index is 5.21. The molecular weight excluding hydrogens is 358 g/mol. The van der Waals surface area contributed by atoms with Gasteiger partial charge in [0.15, 0.2) is 5.82 Å². The van der Waals surface area contributed by atoms with Crippen LogP contribution < -0.4 is 0 Å². The van der Waals surface area contributed by atoms with Crippen molar-refractivity contribution in [2.24, 2.45) is 0 Å². The van der Waals surface area contributed by atoms with Crippen LogP contribution in [-0.2, 0) is 11.3 Å². The van der Waals surface area contributed by atoms with Gasteiger partial charge in [-0.05, 0) is 18.4 Å². The third-order valence-electron chi connectivity index (χ3n) is 4.61. The van der Waals surface area contributed by atoms with Crippen molar-refractivity contribution in [3.05, 3.63) is 65.6 Å². The summed E-state index contributed by atoms with van der Waals surface area (Å²) < 4.78 is 9.42. The Hall–Kier alpha value is -2.77. The minimum atomic E-state index is -0.00998. The summed E-state index contributed by atoms with van der Waals surface area (Å²) in [6, 6.07) is 12.4. The fourth-order valence-electron chi connectivity index (χ4n) is 3.22. The van der Waals surface area contributed by atoms with Crippen LogP contribution in [0.1, 0.15) is 18.8 Å². The second kappa shape index (κ2) is 7.85. The minimum Gasteiger partial charge on any atom is -0.383 e. The number of nitrogens with zero attached hydrogens (tertiary/aromatic N) is 5. The molecule has 0 spiro atoms. The fourth-order valence-corrected chi connectivity index (χ4v) is 3.86. The maximum Gasteiger partial charge on any atom is 0.155 e. The second-order valence-corrected chi connectivity index (χ2v) is 7.06. The van der Waals surface area contributed by atoms with Crippen LogP contribution >= 0.6 is 11.3 Å². The molecule has 0 unspecified atom stereocenters.